The monoisotopic (exact) mass is 279 g/mol. The van der Waals surface area contributed by atoms with Gasteiger partial charge in [0.05, 0.1) is 12.1 Å². The number of nitrogens with one attached hydrogen (secondary N) is 1. The summed E-state index contributed by atoms with van der Waals surface area (Å²) >= 11 is 0. The lowest BCUT2D eigenvalue weighted by Crippen LogP contribution is -2.41. The Morgan fingerprint density at radius 2 is 1.90 bits per heavy atom. The van der Waals surface area contributed by atoms with Crippen LogP contribution >= 0.6 is 0 Å². The van der Waals surface area contributed by atoms with Gasteiger partial charge in [-0.1, -0.05) is 20.3 Å². The maximum absolute atomic E-state index is 13.5. The minimum atomic E-state index is -0.312. The molecule has 0 saturated heterocycles. The van der Waals surface area contributed by atoms with E-state index in [2.05, 4.69) is 19.2 Å². The Bertz CT molecular complexity index is 452. The first-order valence-corrected chi connectivity index (χ1v) is 7.51. The Morgan fingerprint density at radius 1 is 1.15 bits per heavy atom. The zero-order valence-electron chi connectivity index (χ0n) is 12.8. The molecule has 0 heterocycles. The van der Waals surface area contributed by atoms with Crippen LogP contribution in [0.25, 0.3) is 0 Å². The molecule has 20 heavy (non-hydrogen) atoms. The van der Waals surface area contributed by atoms with Gasteiger partial charge in [-0.3, -0.25) is 0 Å². The summed E-state index contributed by atoms with van der Waals surface area (Å²) in [4.78, 5) is 0. The summed E-state index contributed by atoms with van der Waals surface area (Å²) in [5, 5.41) is 13.3. The molecule has 1 aromatic rings. The highest BCUT2D eigenvalue weighted by molar-refractivity contribution is 5.48. The number of aliphatic hydroxyl groups is 1. The second kappa shape index (κ2) is 5.72. The van der Waals surface area contributed by atoms with Crippen LogP contribution < -0.4 is 5.32 Å². The SMILES string of the molecule is Cc1cc(F)cc(NC2(CO)CCCC(C)(C)CC2)c1. The molecule has 1 aliphatic carbocycles. The van der Waals surface area contributed by atoms with E-state index < -0.39 is 0 Å². The molecule has 0 aliphatic heterocycles. The van der Waals surface area contributed by atoms with Crippen LogP contribution in [0.2, 0.25) is 0 Å². The van der Waals surface area contributed by atoms with Crippen LogP contribution in [0.4, 0.5) is 10.1 Å². The first-order chi connectivity index (χ1) is 9.34. The van der Waals surface area contributed by atoms with Crippen molar-refractivity contribution in [2.45, 2.75) is 58.4 Å². The number of benzene rings is 1. The number of anilines is 1. The van der Waals surface area contributed by atoms with Gasteiger partial charge in [0.15, 0.2) is 0 Å². The van der Waals surface area contributed by atoms with E-state index in [-0.39, 0.29) is 18.0 Å². The predicted molar refractivity (Wildman–Crippen MR) is 81.4 cm³/mol. The highest BCUT2D eigenvalue weighted by atomic mass is 19.1. The maximum atomic E-state index is 13.5. The number of rotatable bonds is 3. The summed E-state index contributed by atoms with van der Waals surface area (Å²) in [6, 6.07) is 4.98. The molecule has 0 spiro atoms. The van der Waals surface area contributed by atoms with E-state index in [1.165, 1.54) is 18.6 Å². The lowest BCUT2D eigenvalue weighted by atomic mass is 9.83. The average molecular weight is 279 g/mol. The van der Waals surface area contributed by atoms with Gasteiger partial charge >= 0.3 is 0 Å². The molecule has 2 rings (SSSR count). The molecule has 112 valence electrons. The Balaban J connectivity index is 2.18. The van der Waals surface area contributed by atoms with E-state index in [0.29, 0.717) is 5.41 Å². The van der Waals surface area contributed by atoms with Crippen molar-refractivity contribution in [3.8, 4) is 0 Å². The van der Waals surface area contributed by atoms with Gasteiger partial charge in [0.25, 0.3) is 0 Å². The summed E-state index contributed by atoms with van der Waals surface area (Å²) in [5.41, 5.74) is 1.69. The summed E-state index contributed by atoms with van der Waals surface area (Å²) < 4.78 is 13.5. The van der Waals surface area contributed by atoms with Crippen molar-refractivity contribution in [1.29, 1.82) is 0 Å². The Hall–Kier alpha value is -1.09. The van der Waals surface area contributed by atoms with Crippen molar-refractivity contribution < 1.29 is 9.50 Å². The zero-order valence-corrected chi connectivity index (χ0v) is 12.8. The second-order valence-electron chi connectivity index (χ2n) is 7.10. The molecule has 3 heteroatoms. The van der Waals surface area contributed by atoms with E-state index >= 15 is 0 Å². The third-order valence-corrected chi connectivity index (χ3v) is 4.54. The van der Waals surface area contributed by atoms with Gasteiger partial charge in [0.2, 0.25) is 0 Å². The molecule has 1 fully saturated rings. The minimum Gasteiger partial charge on any atom is -0.394 e. The van der Waals surface area contributed by atoms with E-state index in [4.69, 9.17) is 0 Å². The van der Waals surface area contributed by atoms with Crippen LogP contribution in [0, 0.1) is 18.2 Å². The molecule has 1 unspecified atom stereocenters. The van der Waals surface area contributed by atoms with Gasteiger partial charge in [-0.15, -0.1) is 0 Å². The third-order valence-electron chi connectivity index (χ3n) is 4.54. The molecule has 1 aromatic carbocycles. The third kappa shape index (κ3) is 3.72. The number of aryl methyl sites for hydroxylation is 1. The molecular weight excluding hydrogens is 253 g/mol. The summed E-state index contributed by atoms with van der Waals surface area (Å²) in [5.74, 6) is -0.227. The van der Waals surface area contributed by atoms with Crippen molar-refractivity contribution in [1.82, 2.24) is 0 Å². The van der Waals surface area contributed by atoms with Crippen LogP contribution in [0.3, 0.4) is 0 Å². The van der Waals surface area contributed by atoms with Crippen molar-refractivity contribution in [2.75, 3.05) is 11.9 Å². The van der Waals surface area contributed by atoms with E-state index in [9.17, 15) is 9.50 Å². The molecule has 1 saturated carbocycles. The molecule has 0 aromatic heterocycles. The number of hydrogen-bond donors (Lipinski definition) is 2. The minimum absolute atomic E-state index is 0.0959. The molecule has 2 nitrogen and oxygen atoms in total. The molecule has 1 aliphatic rings. The van der Waals surface area contributed by atoms with Crippen molar-refractivity contribution in [2.24, 2.45) is 5.41 Å². The number of aliphatic hydroxyl groups excluding tert-OH is 1. The van der Waals surface area contributed by atoms with Gasteiger partial charge in [-0.2, -0.15) is 0 Å². The van der Waals surface area contributed by atoms with Gasteiger partial charge < -0.3 is 10.4 Å². The summed E-state index contributed by atoms with van der Waals surface area (Å²) in [7, 11) is 0. The lowest BCUT2D eigenvalue weighted by molar-refractivity contribution is 0.191. The van der Waals surface area contributed by atoms with Crippen molar-refractivity contribution in [3.63, 3.8) is 0 Å². The summed E-state index contributed by atoms with van der Waals surface area (Å²) in [6.45, 7) is 6.55. The second-order valence-corrected chi connectivity index (χ2v) is 7.10. The Labute approximate surface area is 121 Å². The van der Waals surface area contributed by atoms with Crippen LogP contribution in [-0.2, 0) is 0 Å². The van der Waals surface area contributed by atoms with Gasteiger partial charge in [-0.25, -0.2) is 4.39 Å². The Kier molecular flexibility index (Phi) is 4.38. The normalized spacial score (nSPS) is 26.1. The fourth-order valence-electron chi connectivity index (χ4n) is 3.17. The van der Waals surface area contributed by atoms with Crippen molar-refractivity contribution in [3.05, 3.63) is 29.6 Å². The maximum Gasteiger partial charge on any atom is 0.125 e. The van der Waals surface area contributed by atoms with Crippen molar-refractivity contribution >= 4 is 5.69 Å². The average Bonchev–Trinajstić information content (AvgIpc) is 2.48. The first kappa shape index (κ1) is 15.3. The van der Waals surface area contributed by atoms with Crippen LogP contribution in [0.5, 0.6) is 0 Å². The van der Waals surface area contributed by atoms with Gasteiger partial charge in [0, 0.05) is 5.69 Å². The molecule has 1 atom stereocenters. The number of halogens is 1. The largest absolute Gasteiger partial charge is 0.394 e. The first-order valence-electron chi connectivity index (χ1n) is 7.51. The van der Waals surface area contributed by atoms with Crippen LogP contribution in [-0.4, -0.2) is 17.3 Å². The fourth-order valence-corrected chi connectivity index (χ4v) is 3.17. The van der Waals surface area contributed by atoms with E-state index in [1.54, 1.807) is 0 Å². The topological polar surface area (TPSA) is 32.3 Å². The molecule has 2 N–H and O–H groups in total. The molecule has 0 bridgehead atoms. The van der Waals surface area contributed by atoms with Crippen LogP contribution in [0.15, 0.2) is 18.2 Å². The fraction of sp³-hybridized carbons (Fsp3) is 0.647. The number of hydrogen-bond acceptors (Lipinski definition) is 2. The van der Waals surface area contributed by atoms with E-state index in [1.807, 2.05) is 13.0 Å². The van der Waals surface area contributed by atoms with Gasteiger partial charge in [-0.05, 0) is 61.8 Å². The smallest absolute Gasteiger partial charge is 0.125 e. The summed E-state index contributed by atoms with van der Waals surface area (Å²) in [6.07, 6.45) is 5.21. The van der Waals surface area contributed by atoms with Crippen LogP contribution in [0.1, 0.15) is 51.5 Å². The zero-order chi connectivity index (χ0) is 14.8. The Morgan fingerprint density at radius 3 is 2.55 bits per heavy atom. The highest BCUT2D eigenvalue weighted by Crippen LogP contribution is 2.39. The predicted octanol–water partition coefficient (Wildman–Crippen LogP) is 4.27. The molecular formula is C17H26FNO. The standard InChI is InChI=1S/C17H26FNO/c1-13-9-14(18)11-15(10-13)19-17(12-20)6-4-5-16(2,3)7-8-17/h9-11,19-20H,4-8,12H2,1-3H3. The highest BCUT2D eigenvalue weighted by Gasteiger charge is 2.35. The molecule has 0 amide bonds. The molecule has 0 radical (unpaired) electrons. The lowest BCUT2D eigenvalue weighted by Gasteiger charge is -2.34. The quantitative estimate of drug-likeness (QED) is 0.810. The van der Waals surface area contributed by atoms with Gasteiger partial charge in [0.1, 0.15) is 5.82 Å². The van der Waals surface area contributed by atoms with E-state index in [0.717, 1.165) is 36.9 Å².